The van der Waals surface area contributed by atoms with Crippen molar-refractivity contribution in [2.75, 3.05) is 16.8 Å². The molecule has 1 aliphatic heterocycles. The van der Waals surface area contributed by atoms with Gasteiger partial charge >= 0.3 is 0 Å². The lowest BCUT2D eigenvalue weighted by atomic mass is 10.3. The van der Waals surface area contributed by atoms with Gasteiger partial charge in [-0.3, -0.25) is 0 Å². The number of nitrogens with zero attached hydrogens (tertiary/aromatic N) is 1. The van der Waals surface area contributed by atoms with Gasteiger partial charge in [0, 0.05) is 16.3 Å². The van der Waals surface area contributed by atoms with Gasteiger partial charge < -0.3 is 5.32 Å². The maximum atomic E-state index is 4.59. The summed E-state index contributed by atoms with van der Waals surface area (Å²) in [7, 11) is 0. The first-order valence-corrected chi connectivity index (χ1v) is 7.98. The lowest BCUT2D eigenvalue weighted by Gasteiger charge is -2.08. The van der Waals surface area contributed by atoms with Crippen molar-refractivity contribution in [1.29, 1.82) is 0 Å². The number of benzene rings is 1. The molecule has 1 aliphatic rings. The molecule has 2 nitrogen and oxygen atoms in total. The van der Waals surface area contributed by atoms with Crippen LogP contribution >= 0.6 is 39.0 Å². The molecule has 1 saturated heterocycles. The van der Waals surface area contributed by atoms with Gasteiger partial charge in [0.2, 0.25) is 0 Å². The Kier molecular flexibility index (Phi) is 3.09. The largest absolute Gasteiger partial charge is 0.358 e. The van der Waals surface area contributed by atoms with Crippen LogP contribution in [0.4, 0.5) is 5.13 Å². The fourth-order valence-electron chi connectivity index (χ4n) is 1.78. The molecule has 84 valence electrons. The molecule has 0 spiro atoms. The average molecular weight is 315 g/mol. The second-order valence-electron chi connectivity index (χ2n) is 3.84. The van der Waals surface area contributed by atoms with Crippen LogP contribution in [0.5, 0.6) is 0 Å². The molecule has 2 heterocycles. The minimum atomic E-state index is 0.606. The quantitative estimate of drug-likeness (QED) is 0.907. The topological polar surface area (TPSA) is 24.9 Å². The van der Waals surface area contributed by atoms with Crippen molar-refractivity contribution in [2.24, 2.45) is 0 Å². The lowest BCUT2D eigenvalue weighted by molar-refractivity contribution is 0.812. The van der Waals surface area contributed by atoms with Gasteiger partial charge in [0.05, 0.1) is 10.2 Å². The van der Waals surface area contributed by atoms with Gasteiger partial charge in [0.15, 0.2) is 5.13 Å². The van der Waals surface area contributed by atoms with Gasteiger partial charge in [-0.25, -0.2) is 4.98 Å². The zero-order valence-corrected chi connectivity index (χ0v) is 11.8. The minimum Gasteiger partial charge on any atom is -0.358 e. The Bertz CT molecular complexity index is 506. The van der Waals surface area contributed by atoms with Crippen molar-refractivity contribution in [3.8, 4) is 0 Å². The summed E-state index contributed by atoms with van der Waals surface area (Å²) in [5, 5.41) is 4.58. The monoisotopic (exact) mass is 314 g/mol. The van der Waals surface area contributed by atoms with E-state index < -0.39 is 0 Å². The van der Waals surface area contributed by atoms with Crippen LogP contribution < -0.4 is 5.32 Å². The molecule has 0 saturated carbocycles. The highest BCUT2D eigenvalue weighted by Crippen LogP contribution is 2.30. The Morgan fingerprint density at radius 1 is 1.44 bits per heavy atom. The predicted octanol–water partition coefficient (Wildman–Crippen LogP) is 3.98. The lowest BCUT2D eigenvalue weighted by Crippen LogP contribution is -2.17. The Hall–Kier alpha value is -0.260. The van der Waals surface area contributed by atoms with Crippen molar-refractivity contribution in [3.05, 3.63) is 22.7 Å². The molecule has 16 heavy (non-hydrogen) atoms. The van der Waals surface area contributed by atoms with Gasteiger partial charge in [-0.05, 0) is 30.4 Å². The highest BCUT2D eigenvalue weighted by atomic mass is 79.9. The van der Waals surface area contributed by atoms with E-state index in [0.29, 0.717) is 6.04 Å². The van der Waals surface area contributed by atoms with E-state index in [4.69, 9.17) is 0 Å². The van der Waals surface area contributed by atoms with Crippen molar-refractivity contribution in [2.45, 2.75) is 12.5 Å². The predicted molar refractivity (Wildman–Crippen MR) is 76.7 cm³/mol. The Balaban J connectivity index is 1.86. The molecular formula is C11H11BrN2S2. The van der Waals surface area contributed by atoms with Crippen LogP contribution in [0.3, 0.4) is 0 Å². The van der Waals surface area contributed by atoms with Crippen LogP contribution in [-0.4, -0.2) is 22.5 Å². The molecule has 5 heteroatoms. The first kappa shape index (κ1) is 10.9. The van der Waals surface area contributed by atoms with Gasteiger partial charge in [-0.15, -0.1) is 0 Å². The summed E-state index contributed by atoms with van der Waals surface area (Å²) >= 11 is 7.24. The molecule has 0 aliphatic carbocycles. The minimum absolute atomic E-state index is 0.606. The summed E-state index contributed by atoms with van der Waals surface area (Å²) in [5.74, 6) is 2.48. The molecular weight excluding hydrogens is 304 g/mol. The molecule has 1 aromatic carbocycles. The molecule has 1 N–H and O–H groups in total. The molecule has 1 aromatic heterocycles. The fraction of sp³-hybridized carbons (Fsp3) is 0.364. The molecule has 1 unspecified atom stereocenters. The van der Waals surface area contributed by atoms with Crippen LogP contribution in [-0.2, 0) is 0 Å². The molecule has 0 amide bonds. The van der Waals surface area contributed by atoms with E-state index in [1.807, 2.05) is 17.8 Å². The standard InChI is InChI=1S/C11H11BrN2S2/c12-7-1-2-9-10(5-7)16-11(14-9)13-8-3-4-15-6-8/h1-2,5,8H,3-4,6H2,(H,13,14). The third-order valence-electron chi connectivity index (χ3n) is 2.61. The summed E-state index contributed by atoms with van der Waals surface area (Å²) in [6.45, 7) is 0. The molecule has 0 bridgehead atoms. The Morgan fingerprint density at radius 2 is 2.38 bits per heavy atom. The number of hydrogen-bond acceptors (Lipinski definition) is 4. The van der Waals surface area contributed by atoms with E-state index in [0.717, 1.165) is 15.1 Å². The summed E-state index contributed by atoms with van der Waals surface area (Å²) in [5.41, 5.74) is 1.08. The zero-order chi connectivity index (χ0) is 11.0. The van der Waals surface area contributed by atoms with Crippen LogP contribution in [0.2, 0.25) is 0 Å². The van der Waals surface area contributed by atoms with Gasteiger partial charge in [-0.1, -0.05) is 27.3 Å². The molecule has 1 atom stereocenters. The molecule has 1 fully saturated rings. The van der Waals surface area contributed by atoms with Crippen LogP contribution in [0.15, 0.2) is 22.7 Å². The van der Waals surface area contributed by atoms with Gasteiger partial charge in [-0.2, -0.15) is 11.8 Å². The van der Waals surface area contributed by atoms with Crippen LogP contribution in [0.25, 0.3) is 10.2 Å². The number of halogens is 1. The SMILES string of the molecule is Brc1ccc2nc(NC3CCSC3)sc2c1. The normalized spacial score (nSPS) is 20.4. The fourth-order valence-corrected chi connectivity index (χ4v) is 4.43. The van der Waals surface area contributed by atoms with Crippen LogP contribution in [0, 0.1) is 0 Å². The highest BCUT2D eigenvalue weighted by Gasteiger charge is 2.16. The van der Waals surface area contributed by atoms with E-state index in [1.54, 1.807) is 11.3 Å². The molecule has 3 rings (SSSR count). The highest BCUT2D eigenvalue weighted by molar-refractivity contribution is 9.10. The summed E-state index contributed by atoms with van der Waals surface area (Å²) < 4.78 is 2.36. The van der Waals surface area contributed by atoms with Crippen molar-refractivity contribution in [3.63, 3.8) is 0 Å². The number of hydrogen-bond donors (Lipinski definition) is 1. The smallest absolute Gasteiger partial charge is 0.184 e. The third-order valence-corrected chi connectivity index (χ3v) is 5.21. The summed E-state index contributed by atoms with van der Waals surface area (Å²) in [6, 6.07) is 6.83. The number of thiazole rings is 1. The van der Waals surface area contributed by atoms with Crippen molar-refractivity contribution < 1.29 is 0 Å². The number of fused-ring (bicyclic) bond motifs is 1. The zero-order valence-electron chi connectivity index (χ0n) is 8.57. The first-order valence-electron chi connectivity index (χ1n) is 5.21. The van der Waals surface area contributed by atoms with E-state index >= 15 is 0 Å². The number of thioether (sulfide) groups is 1. The maximum absolute atomic E-state index is 4.59. The second kappa shape index (κ2) is 4.55. The van der Waals surface area contributed by atoms with Crippen LogP contribution in [0.1, 0.15) is 6.42 Å². The second-order valence-corrected chi connectivity index (χ2v) is 6.93. The van der Waals surface area contributed by atoms with E-state index in [2.05, 4.69) is 38.4 Å². The van der Waals surface area contributed by atoms with Gasteiger partial charge in [0.1, 0.15) is 0 Å². The van der Waals surface area contributed by atoms with Crippen molar-refractivity contribution in [1.82, 2.24) is 4.98 Å². The number of anilines is 1. The Morgan fingerprint density at radius 3 is 3.19 bits per heavy atom. The Labute approximate surface area is 111 Å². The maximum Gasteiger partial charge on any atom is 0.184 e. The third kappa shape index (κ3) is 2.21. The van der Waals surface area contributed by atoms with E-state index in [-0.39, 0.29) is 0 Å². The number of rotatable bonds is 2. The molecule has 0 radical (unpaired) electrons. The number of aromatic nitrogens is 1. The number of nitrogens with one attached hydrogen (secondary N) is 1. The van der Waals surface area contributed by atoms with E-state index in [9.17, 15) is 0 Å². The summed E-state index contributed by atoms with van der Waals surface area (Å²) in [6.07, 6.45) is 1.25. The molecule has 2 aromatic rings. The average Bonchev–Trinajstić information content (AvgIpc) is 2.86. The van der Waals surface area contributed by atoms with Gasteiger partial charge in [0.25, 0.3) is 0 Å². The van der Waals surface area contributed by atoms with Crippen molar-refractivity contribution >= 4 is 54.4 Å². The first-order chi connectivity index (χ1) is 7.81. The van der Waals surface area contributed by atoms with E-state index in [1.165, 1.54) is 22.6 Å². The summed E-state index contributed by atoms with van der Waals surface area (Å²) in [4.78, 5) is 4.59.